The van der Waals surface area contributed by atoms with Crippen LogP contribution < -0.4 is 22.0 Å². The van der Waals surface area contributed by atoms with E-state index in [1.54, 1.807) is 18.6 Å². The minimum atomic E-state index is -0.251. The van der Waals surface area contributed by atoms with Gasteiger partial charge in [0, 0.05) is 29.7 Å². The summed E-state index contributed by atoms with van der Waals surface area (Å²) in [4.78, 5) is 36.6. The molecule has 0 radical (unpaired) electrons. The maximum atomic E-state index is 12.8. The summed E-state index contributed by atoms with van der Waals surface area (Å²) < 4.78 is 1.39. The minimum absolute atomic E-state index is 0.00390. The fourth-order valence-corrected chi connectivity index (χ4v) is 2.95. The van der Waals surface area contributed by atoms with Crippen molar-refractivity contribution in [3.05, 3.63) is 74.8 Å². The molecule has 0 saturated carbocycles. The fraction of sp³-hybridized carbons (Fsp3) is 0.300. The number of nitrogens with one attached hydrogen (secondary N) is 3. The average Bonchev–Trinajstić information content (AvgIpc) is 3.08. The Balaban J connectivity index is 1.67. The van der Waals surface area contributed by atoms with Gasteiger partial charge in [-0.3, -0.25) is 9.59 Å². The molecule has 3 aromatic rings. The van der Waals surface area contributed by atoms with Crippen LogP contribution in [0, 0.1) is 20.8 Å². The molecule has 0 aliphatic carbocycles. The standard InChI is InChI=1S/C20H25N7O2/c1-12-6-7-27(25-10-17-14(3)23-11-24-17)20(29)16(12)8-19(28)22-9-15-4-5-18(21)26-13(15)2/h4-7,11,25H,8-10H2,1-3H3,(H2,21,26)(H,22,28)(H,23,24). The quantitative estimate of drug-likeness (QED) is 0.473. The lowest BCUT2D eigenvalue weighted by atomic mass is 10.1. The Morgan fingerprint density at radius 1 is 1.21 bits per heavy atom. The van der Waals surface area contributed by atoms with Crippen molar-refractivity contribution in [2.24, 2.45) is 0 Å². The van der Waals surface area contributed by atoms with Gasteiger partial charge in [0.05, 0.1) is 25.0 Å². The van der Waals surface area contributed by atoms with E-state index < -0.39 is 0 Å². The number of aromatic amines is 1. The van der Waals surface area contributed by atoms with Crippen LogP contribution in [0.1, 0.15) is 33.8 Å². The van der Waals surface area contributed by atoms with Crippen LogP contribution in [0.4, 0.5) is 5.82 Å². The zero-order chi connectivity index (χ0) is 21.0. The molecule has 3 aromatic heterocycles. The first-order valence-electron chi connectivity index (χ1n) is 9.27. The number of carbonyl (C=O) groups excluding carboxylic acids is 1. The van der Waals surface area contributed by atoms with Crippen molar-refractivity contribution >= 4 is 11.7 Å². The highest BCUT2D eigenvalue weighted by Gasteiger charge is 2.13. The Morgan fingerprint density at radius 2 is 2.00 bits per heavy atom. The highest BCUT2D eigenvalue weighted by Crippen LogP contribution is 2.08. The predicted octanol–water partition coefficient (Wildman–Crippen LogP) is 1.08. The van der Waals surface area contributed by atoms with Crippen molar-refractivity contribution in [2.75, 3.05) is 11.2 Å². The third-order valence-corrected chi connectivity index (χ3v) is 4.81. The Morgan fingerprint density at radius 3 is 2.69 bits per heavy atom. The number of rotatable bonds is 7. The van der Waals surface area contributed by atoms with Crippen LogP contribution in [0.3, 0.4) is 0 Å². The van der Waals surface area contributed by atoms with E-state index in [1.165, 1.54) is 4.68 Å². The molecule has 3 heterocycles. The number of nitrogens with zero attached hydrogens (tertiary/aromatic N) is 3. The summed E-state index contributed by atoms with van der Waals surface area (Å²) in [7, 11) is 0. The molecular weight excluding hydrogens is 370 g/mol. The third kappa shape index (κ3) is 4.81. The Hall–Kier alpha value is -3.62. The lowest BCUT2D eigenvalue weighted by Crippen LogP contribution is -2.34. The molecule has 5 N–H and O–H groups in total. The van der Waals surface area contributed by atoms with Crippen LogP contribution in [-0.2, 0) is 24.3 Å². The van der Waals surface area contributed by atoms with Gasteiger partial charge in [-0.15, -0.1) is 0 Å². The lowest BCUT2D eigenvalue weighted by Gasteiger charge is -2.13. The minimum Gasteiger partial charge on any atom is -0.384 e. The first-order valence-corrected chi connectivity index (χ1v) is 9.27. The van der Waals surface area contributed by atoms with Gasteiger partial charge in [-0.05, 0) is 44.0 Å². The normalized spacial score (nSPS) is 10.7. The highest BCUT2D eigenvalue weighted by molar-refractivity contribution is 5.78. The molecule has 0 unspecified atom stereocenters. The molecule has 0 atom stereocenters. The molecule has 3 rings (SSSR count). The van der Waals surface area contributed by atoms with Crippen molar-refractivity contribution in [2.45, 2.75) is 40.3 Å². The molecule has 0 saturated heterocycles. The van der Waals surface area contributed by atoms with Gasteiger partial charge in [0.25, 0.3) is 5.56 Å². The van der Waals surface area contributed by atoms with Gasteiger partial charge >= 0.3 is 0 Å². The second-order valence-electron chi connectivity index (χ2n) is 6.90. The maximum Gasteiger partial charge on any atom is 0.272 e. The zero-order valence-corrected chi connectivity index (χ0v) is 16.7. The van der Waals surface area contributed by atoms with Gasteiger partial charge in [0.1, 0.15) is 5.82 Å². The van der Waals surface area contributed by atoms with Crippen molar-refractivity contribution in [3.8, 4) is 0 Å². The second-order valence-corrected chi connectivity index (χ2v) is 6.90. The van der Waals surface area contributed by atoms with Crippen LogP contribution in [0.25, 0.3) is 0 Å². The molecule has 0 aromatic carbocycles. The number of nitrogens with two attached hydrogens (primary N) is 1. The van der Waals surface area contributed by atoms with E-state index in [0.717, 1.165) is 28.2 Å². The van der Waals surface area contributed by atoms with Gasteiger partial charge in [-0.2, -0.15) is 0 Å². The third-order valence-electron chi connectivity index (χ3n) is 4.81. The summed E-state index contributed by atoms with van der Waals surface area (Å²) in [6, 6.07) is 5.34. The molecule has 9 nitrogen and oxygen atoms in total. The number of aromatic nitrogens is 4. The van der Waals surface area contributed by atoms with E-state index in [4.69, 9.17) is 5.73 Å². The summed E-state index contributed by atoms with van der Waals surface area (Å²) >= 11 is 0. The number of amides is 1. The number of imidazole rings is 1. The number of pyridine rings is 2. The van der Waals surface area contributed by atoms with Crippen LogP contribution in [-0.4, -0.2) is 25.5 Å². The van der Waals surface area contributed by atoms with E-state index in [9.17, 15) is 9.59 Å². The SMILES string of the molecule is Cc1ccn(NCc2nc[nH]c2C)c(=O)c1CC(=O)NCc1ccc(N)nc1C. The van der Waals surface area contributed by atoms with Gasteiger partial charge in [-0.25, -0.2) is 14.6 Å². The Labute approximate surface area is 168 Å². The molecule has 0 fully saturated rings. The molecule has 29 heavy (non-hydrogen) atoms. The molecule has 0 spiro atoms. The molecular formula is C20H25N7O2. The van der Waals surface area contributed by atoms with Crippen LogP contribution >= 0.6 is 0 Å². The fourth-order valence-electron chi connectivity index (χ4n) is 2.95. The monoisotopic (exact) mass is 395 g/mol. The molecule has 9 heteroatoms. The smallest absolute Gasteiger partial charge is 0.272 e. The summed E-state index contributed by atoms with van der Waals surface area (Å²) in [6.45, 7) is 6.29. The van der Waals surface area contributed by atoms with Gasteiger partial charge in [0.2, 0.25) is 5.91 Å². The predicted molar refractivity (Wildman–Crippen MR) is 111 cm³/mol. The van der Waals surface area contributed by atoms with Gasteiger partial charge < -0.3 is 21.5 Å². The topological polar surface area (TPSA) is 131 Å². The Bertz CT molecular complexity index is 1080. The lowest BCUT2D eigenvalue weighted by molar-refractivity contribution is -0.120. The number of hydrogen-bond donors (Lipinski definition) is 4. The average molecular weight is 395 g/mol. The van der Waals surface area contributed by atoms with Crippen LogP contribution in [0.5, 0.6) is 0 Å². The van der Waals surface area contributed by atoms with Gasteiger partial charge in [-0.1, -0.05) is 6.07 Å². The first-order chi connectivity index (χ1) is 13.8. The molecule has 152 valence electrons. The van der Waals surface area contributed by atoms with Crippen molar-refractivity contribution in [1.29, 1.82) is 0 Å². The highest BCUT2D eigenvalue weighted by atomic mass is 16.2. The van der Waals surface area contributed by atoms with Crippen molar-refractivity contribution < 1.29 is 4.79 Å². The molecule has 0 aliphatic rings. The van der Waals surface area contributed by atoms with Crippen LogP contribution in [0.15, 0.2) is 35.5 Å². The van der Waals surface area contributed by atoms with E-state index in [-0.39, 0.29) is 17.9 Å². The molecule has 0 bridgehead atoms. The van der Waals surface area contributed by atoms with E-state index >= 15 is 0 Å². The number of anilines is 1. The number of aryl methyl sites for hydroxylation is 3. The summed E-state index contributed by atoms with van der Waals surface area (Å²) in [5.74, 6) is 0.206. The number of nitrogen functional groups attached to an aromatic ring is 1. The van der Waals surface area contributed by atoms with Crippen molar-refractivity contribution in [3.63, 3.8) is 0 Å². The number of carbonyl (C=O) groups is 1. The Kier molecular flexibility index (Phi) is 5.96. The molecule has 1 amide bonds. The summed E-state index contributed by atoms with van der Waals surface area (Å²) in [5.41, 5.74) is 13.1. The van der Waals surface area contributed by atoms with Crippen LogP contribution in [0.2, 0.25) is 0 Å². The first kappa shape index (κ1) is 20.1. The van der Waals surface area contributed by atoms with E-state index in [1.807, 2.05) is 32.9 Å². The zero-order valence-electron chi connectivity index (χ0n) is 16.7. The maximum absolute atomic E-state index is 12.8. The summed E-state index contributed by atoms with van der Waals surface area (Å²) in [6.07, 6.45) is 3.26. The number of H-pyrrole nitrogens is 1. The second kappa shape index (κ2) is 8.59. The summed E-state index contributed by atoms with van der Waals surface area (Å²) in [5, 5.41) is 2.84. The van der Waals surface area contributed by atoms with Crippen molar-refractivity contribution in [1.82, 2.24) is 24.9 Å². The van der Waals surface area contributed by atoms with E-state index in [0.29, 0.717) is 24.5 Å². The van der Waals surface area contributed by atoms with Gasteiger partial charge in [0.15, 0.2) is 0 Å². The molecule has 0 aliphatic heterocycles. The largest absolute Gasteiger partial charge is 0.384 e. The number of hydrogen-bond acceptors (Lipinski definition) is 6. The van der Waals surface area contributed by atoms with E-state index in [2.05, 4.69) is 25.7 Å².